The quantitative estimate of drug-likeness (QED) is 0.496. The van der Waals surface area contributed by atoms with Gasteiger partial charge in [-0.3, -0.25) is 4.79 Å². The molecule has 9 heteroatoms. The molecule has 9 nitrogen and oxygen atoms in total. The molecule has 0 saturated carbocycles. The minimum absolute atomic E-state index is 0.0928. The number of carbonyl (C=O) groups excluding carboxylic acids is 1. The van der Waals surface area contributed by atoms with Crippen LogP contribution < -0.4 is 26.2 Å². The SMILES string of the molecule is CCNC(=O)c1ccc(C)c(Nc2nc(NC3CCNC3)nc(N(C)CC(C)(C)C)n2)c1. The van der Waals surface area contributed by atoms with Gasteiger partial charge in [-0.1, -0.05) is 26.8 Å². The summed E-state index contributed by atoms with van der Waals surface area (Å²) >= 11 is 0. The monoisotopic (exact) mass is 440 g/mol. The Morgan fingerprint density at radius 3 is 2.62 bits per heavy atom. The highest BCUT2D eigenvalue weighted by Gasteiger charge is 2.20. The van der Waals surface area contributed by atoms with E-state index in [0.29, 0.717) is 30.0 Å². The molecular weight excluding hydrogens is 404 g/mol. The number of hydrogen-bond acceptors (Lipinski definition) is 8. The molecule has 0 aliphatic carbocycles. The summed E-state index contributed by atoms with van der Waals surface area (Å²) < 4.78 is 0. The van der Waals surface area contributed by atoms with E-state index in [2.05, 4.69) is 57.0 Å². The Labute approximate surface area is 190 Å². The predicted molar refractivity (Wildman–Crippen MR) is 130 cm³/mol. The second kappa shape index (κ2) is 10.1. The Balaban J connectivity index is 1.91. The molecule has 1 aromatic carbocycles. The van der Waals surface area contributed by atoms with Crippen LogP contribution in [0.3, 0.4) is 0 Å². The van der Waals surface area contributed by atoms with E-state index in [1.165, 1.54) is 0 Å². The molecule has 0 bridgehead atoms. The normalized spacial score (nSPS) is 16.0. The lowest BCUT2D eigenvalue weighted by molar-refractivity contribution is 0.0956. The molecule has 1 aliphatic rings. The number of nitrogens with one attached hydrogen (secondary N) is 4. The Hall–Kier alpha value is -2.94. The average Bonchev–Trinajstić information content (AvgIpc) is 3.21. The van der Waals surface area contributed by atoms with Gasteiger partial charge in [0.25, 0.3) is 5.91 Å². The van der Waals surface area contributed by atoms with Crippen molar-refractivity contribution in [2.24, 2.45) is 5.41 Å². The maximum atomic E-state index is 12.3. The number of anilines is 4. The van der Waals surface area contributed by atoms with Crippen LogP contribution >= 0.6 is 0 Å². The van der Waals surface area contributed by atoms with E-state index in [4.69, 9.17) is 0 Å². The molecule has 32 heavy (non-hydrogen) atoms. The Kier molecular flexibility index (Phi) is 7.50. The molecule has 1 unspecified atom stereocenters. The molecule has 2 heterocycles. The number of hydrogen-bond donors (Lipinski definition) is 4. The summed E-state index contributed by atoms with van der Waals surface area (Å²) in [5, 5.41) is 12.9. The Morgan fingerprint density at radius 2 is 1.97 bits per heavy atom. The van der Waals surface area contributed by atoms with Crippen LogP contribution in [0.15, 0.2) is 18.2 Å². The van der Waals surface area contributed by atoms with Crippen molar-refractivity contribution in [3.8, 4) is 0 Å². The largest absolute Gasteiger partial charge is 0.352 e. The van der Waals surface area contributed by atoms with Crippen LogP contribution in [0.5, 0.6) is 0 Å². The molecule has 1 fully saturated rings. The van der Waals surface area contributed by atoms with Crippen molar-refractivity contribution >= 4 is 29.4 Å². The van der Waals surface area contributed by atoms with E-state index < -0.39 is 0 Å². The Bertz CT molecular complexity index is 934. The van der Waals surface area contributed by atoms with E-state index in [0.717, 1.165) is 37.3 Å². The first-order valence-corrected chi connectivity index (χ1v) is 11.2. The van der Waals surface area contributed by atoms with E-state index >= 15 is 0 Å². The summed E-state index contributed by atoms with van der Waals surface area (Å²) in [4.78, 5) is 28.3. The summed E-state index contributed by atoms with van der Waals surface area (Å²) in [6, 6.07) is 5.86. The number of aryl methyl sites for hydroxylation is 1. The minimum Gasteiger partial charge on any atom is -0.352 e. The van der Waals surface area contributed by atoms with E-state index in [-0.39, 0.29) is 17.4 Å². The standard InChI is InChI=1S/C23H36N8O/c1-7-25-19(32)16-9-8-15(2)18(12-16)27-21-28-20(26-17-10-11-24-13-17)29-22(30-21)31(6)14-23(3,4)5/h8-9,12,17,24H,7,10-11,13-14H2,1-6H3,(H,25,32)(H2,26,27,28,29,30). The maximum absolute atomic E-state index is 12.3. The molecule has 4 N–H and O–H groups in total. The summed E-state index contributed by atoms with van der Waals surface area (Å²) in [7, 11) is 1.99. The lowest BCUT2D eigenvalue weighted by atomic mass is 9.96. The smallest absolute Gasteiger partial charge is 0.251 e. The number of aromatic nitrogens is 3. The van der Waals surface area contributed by atoms with Gasteiger partial charge in [0.1, 0.15) is 0 Å². The first kappa shape index (κ1) is 23.7. The summed E-state index contributed by atoms with van der Waals surface area (Å²) in [5.74, 6) is 1.49. The third kappa shape index (κ3) is 6.53. The number of rotatable bonds is 8. The van der Waals surface area contributed by atoms with Gasteiger partial charge in [-0.25, -0.2) is 0 Å². The summed E-state index contributed by atoms with van der Waals surface area (Å²) in [6.07, 6.45) is 1.02. The van der Waals surface area contributed by atoms with Crippen LogP contribution in [-0.2, 0) is 0 Å². The van der Waals surface area contributed by atoms with Crippen molar-refractivity contribution in [1.29, 1.82) is 0 Å². The highest BCUT2D eigenvalue weighted by Crippen LogP contribution is 2.24. The molecule has 1 amide bonds. The fraction of sp³-hybridized carbons (Fsp3) is 0.565. The van der Waals surface area contributed by atoms with Gasteiger partial charge >= 0.3 is 0 Å². The molecule has 0 spiro atoms. The van der Waals surface area contributed by atoms with Crippen molar-refractivity contribution in [2.75, 3.05) is 48.8 Å². The fourth-order valence-corrected chi connectivity index (χ4v) is 3.68. The molecule has 1 atom stereocenters. The lowest BCUT2D eigenvalue weighted by Crippen LogP contribution is -2.31. The topological polar surface area (TPSA) is 107 Å². The van der Waals surface area contributed by atoms with Gasteiger partial charge in [0, 0.05) is 44.0 Å². The first-order chi connectivity index (χ1) is 15.1. The minimum atomic E-state index is -0.104. The van der Waals surface area contributed by atoms with Crippen LogP contribution in [0.4, 0.5) is 23.5 Å². The van der Waals surface area contributed by atoms with Crippen molar-refractivity contribution < 1.29 is 4.79 Å². The Morgan fingerprint density at radius 1 is 1.22 bits per heavy atom. The molecule has 174 valence electrons. The van der Waals surface area contributed by atoms with Gasteiger partial charge in [0.15, 0.2) is 0 Å². The van der Waals surface area contributed by atoms with Crippen LogP contribution in [-0.4, -0.2) is 60.1 Å². The first-order valence-electron chi connectivity index (χ1n) is 11.2. The molecular formula is C23H36N8O. The lowest BCUT2D eigenvalue weighted by Gasteiger charge is -2.27. The van der Waals surface area contributed by atoms with Gasteiger partial charge in [-0.2, -0.15) is 15.0 Å². The van der Waals surface area contributed by atoms with Crippen LogP contribution in [0.2, 0.25) is 0 Å². The van der Waals surface area contributed by atoms with Gasteiger partial charge in [-0.05, 0) is 49.9 Å². The van der Waals surface area contributed by atoms with E-state index in [9.17, 15) is 4.79 Å². The zero-order valence-electron chi connectivity index (χ0n) is 20.0. The van der Waals surface area contributed by atoms with Gasteiger partial charge in [0.2, 0.25) is 17.8 Å². The average molecular weight is 441 g/mol. The molecule has 1 aliphatic heterocycles. The number of amides is 1. The third-order valence-electron chi connectivity index (χ3n) is 5.15. The van der Waals surface area contributed by atoms with Crippen molar-refractivity contribution in [3.05, 3.63) is 29.3 Å². The van der Waals surface area contributed by atoms with Crippen molar-refractivity contribution in [1.82, 2.24) is 25.6 Å². The molecule has 0 radical (unpaired) electrons. The second-order valence-corrected chi connectivity index (χ2v) is 9.55. The van der Waals surface area contributed by atoms with Crippen LogP contribution in [0.1, 0.15) is 50.0 Å². The van der Waals surface area contributed by atoms with Gasteiger partial charge in [-0.15, -0.1) is 0 Å². The molecule has 3 rings (SSSR count). The highest BCUT2D eigenvalue weighted by atomic mass is 16.1. The van der Waals surface area contributed by atoms with Gasteiger partial charge < -0.3 is 26.2 Å². The molecule has 1 saturated heterocycles. The van der Waals surface area contributed by atoms with Crippen LogP contribution in [0.25, 0.3) is 0 Å². The highest BCUT2D eigenvalue weighted by molar-refractivity contribution is 5.95. The molecule has 2 aromatic rings. The second-order valence-electron chi connectivity index (χ2n) is 9.55. The maximum Gasteiger partial charge on any atom is 0.251 e. The zero-order chi connectivity index (χ0) is 23.3. The number of carbonyl (C=O) groups is 1. The summed E-state index contributed by atoms with van der Waals surface area (Å²) in [5.41, 5.74) is 2.47. The van der Waals surface area contributed by atoms with Crippen molar-refractivity contribution in [3.63, 3.8) is 0 Å². The van der Waals surface area contributed by atoms with E-state index in [1.54, 1.807) is 0 Å². The summed E-state index contributed by atoms with van der Waals surface area (Å²) in [6.45, 7) is 13.7. The number of nitrogens with zero attached hydrogens (tertiary/aromatic N) is 4. The zero-order valence-corrected chi connectivity index (χ0v) is 20.0. The fourth-order valence-electron chi connectivity index (χ4n) is 3.68. The number of benzene rings is 1. The van der Waals surface area contributed by atoms with Gasteiger partial charge in [0.05, 0.1) is 0 Å². The van der Waals surface area contributed by atoms with Crippen LogP contribution in [0, 0.1) is 12.3 Å². The third-order valence-corrected chi connectivity index (χ3v) is 5.15. The molecule has 1 aromatic heterocycles. The van der Waals surface area contributed by atoms with E-state index in [1.807, 2.05) is 44.0 Å². The van der Waals surface area contributed by atoms with Crippen molar-refractivity contribution in [2.45, 2.75) is 47.1 Å². The predicted octanol–water partition coefficient (Wildman–Crippen LogP) is 2.93.